The van der Waals surface area contributed by atoms with Crippen molar-refractivity contribution in [3.8, 4) is 11.5 Å². The normalized spacial score (nSPS) is 12.8. The summed E-state index contributed by atoms with van der Waals surface area (Å²) in [6.07, 6.45) is -1.01. The Balaban J connectivity index is 1.41. The van der Waals surface area contributed by atoms with E-state index in [-0.39, 0.29) is 19.9 Å². The summed E-state index contributed by atoms with van der Waals surface area (Å²) in [6, 6.07) is 11.5. The third kappa shape index (κ3) is 5.61. The topological polar surface area (TPSA) is 103 Å². The molecule has 1 aliphatic rings. The number of halogens is 1. The van der Waals surface area contributed by atoms with Gasteiger partial charge in [0.05, 0.1) is 0 Å². The summed E-state index contributed by atoms with van der Waals surface area (Å²) in [5, 5.41) is 5.61. The standard InChI is InChI=1S/C20H19ClN2O6/c1-12(19(25)22-9-13-2-7-16-17(8-13)28-11-27-16)29-18(24)10-23-20(26)14-3-5-15(21)6-4-14/h2-8,12H,9-11H2,1H3,(H,22,25)(H,23,26)/t12-/m1/s1. The second kappa shape index (κ2) is 9.29. The highest BCUT2D eigenvalue weighted by atomic mass is 35.5. The monoisotopic (exact) mass is 418 g/mol. The fraction of sp³-hybridized carbons (Fsp3) is 0.250. The third-order valence-electron chi connectivity index (χ3n) is 4.08. The molecule has 0 radical (unpaired) electrons. The number of carbonyl (C=O) groups excluding carboxylic acids is 3. The fourth-order valence-corrected chi connectivity index (χ4v) is 2.66. The number of nitrogens with one attached hydrogen (secondary N) is 2. The zero-order chi connectivity index (χ0) is 20.8. The van der Waals surface area contributed by atoms with E-state index in [0.29, 0.717) is 22.1 Å². The molecule has 8 nitrogen and oxygen atoms in total. The lowest BCUT2D eigenvalue weighted by molar-refractivity contribution is -0.153. The number of rotatable bonds is 7. The van der Waals surface area contributed by atoms with Gasteiger partial charge in [-0.3, -0.25) is 14.4 Å². The molecular weight excluding hydrogens is 400 g/mol. The zero-order valence-corrected chi connectivity index (χ0v) is 16.3. The molecule has 29 heavy (non-hydrogen) atoms. The first-order chi connectivity index (χ1) is 13.9. The van der Waals surface area contributed by atoms with Crippen LogP contribution in [0.25, 0.3) is 0 Å². The summed E-state index contributed by atoms with van der Waals surface area (Å²) < 4.78 is 15.6. The van der Waals surface area contributed by atoms with Crippen molar-refractivity contribution < 1.29 is 28.6 Å². The summed E-state index contributed by atoms with van der Waals surface area (Å²) in [5.41, 5.74) is 1.17. The van der Waals surface area contributed by atoms with Gasteiger partial charge in [-0.15, -0.1) is 0 Å². The number of amides is 2. The SMILES string of the molecule is C[C@@H](OC(=O)CNC(=O)c1ccc(Cl)cc1)C(=O)NCc1ccc2c(c1)OCO2. The smallest absolute Gasteiger partial charge is 0.326 e. The molecule has 9 heteroatoms. The zero-order valence-electron chi connectivity index (χ0n) is 15.6. The Labute approximate surface area is 172 Å². The van der Waals surface area contributed by atoms with Gasteiger partial charge in [0, 0.05) is 17.1 Å². The molecule has 0 aromatic heterocycles. The van der Waals surface area contributed by atoms with Crippen molar-refractivity contribution in [2.75, 3.05) is 13.3 Å². The van der Waals surface area contributed by atoms with Gasteiger partial charge in [0.2, 0.25) is 6.79 Å². The Morgan fingerprint density at radius 2 is 1.79 bits per heavy atom. The summed E-state index contributed by atoms with van der Waals surface area (Å²) in [4.78, 5) is 36.0. The summed E-state index contributed by atoms with van der Waals surface area (Å²) in [7, 11) is 0. The number of fused-ring (bicyclic) bond motifs is 1. The van der Waals surface area contributed by atoms with Gasteiger partial charge < -0.3 is 24.8 Å². The minimum Gasteiger partial charge on any atom is -0.454 e. The second-order valence-electron chi connectivity index (χ2n) is 6.23. The van der Waals surface area contributed by atoms with Crippen molar-refractivity contribution in [3.63, 3.8) is 0 Å². The van der Waals surface area contributed by atoms with Gasteiger partial charge in [-0.2, -0.15) is 0 Å². The largest absolute Gasteiger partial charge is 0.454 e. The fourth-order valence-electron chi connectivity index (χ4n) is 2.53. The lowest BCUT2D eigenvalue weighted by Gasteiger charge is -2.14. The maximum Gasteiger partial charge on any atom is 0.326 e. The van der Waals surface area contributed by atoms with Crippen molar-refractivity contribution in [1.82, 2.24) is 10.6 Å². The molecule has 0 fully saturated rings. The molecule has 0 aliphatic carbocycles. The number of carbonyl (C=O) groups is 3. The second-order valence-corrected chi connectivity index (χ2v) is 6.66. The molecule has 152 valence electrons. The lowest BCUT2D eigenvalue weighted by Crippen LogP contribution is -2.38. The van der Waals surface area contributed by atoms with Gasteiger partial charge in [-0.25, -0.2) is 0 Å². The van der Waals surface area contributed by atoms with E-state index in [4.69, 9.17) is 25.8 Å². The van der Waals surface area contributed by atoms with Crippen LogP contribution in [0.5, 0.6) is 11.5 Å². The highest BCUT2D eigenvalue weighted by Crippen LogP contribution is 2.32. The van der Waals surface area contributed by atoms with E-state index < -0.39 is 23.9 Å². The molecule has 0 spiro atoms. The van der Waals surface area contributed by atoms with Gasteiger partial charge in [0.25, 0.3) is 11.8 Å². The van der Waals surface area contributed by atoms with Crippen LogP contribution in [0, 0.1) is 0 Å². The lowest BCUT2D eigenvalue weighted by atomic mass is 10.2. The molecule has 2 aromatic carbocycles. The quantitative estimate of drug-likeness (QED) is 0.667. The number of ether oxygens (including phenoxy) is 3. The van der Waals surface area contributed by atoms with E-state index in [9.17, 15) is 14.4 Å². The predicted molar refractivity (Wildman–Crippen MR) is 104 cm³/mol. The molecule has 2 aromatic rings. The highest BCUT2D eigenvalue weighted by molar-refractivity contribution is 6.30. The van der Waals surface area contributed by atoms with Crippen LogP contribution in [0.2, 0.25) is 5.02 Å². The molecule has 0 unspecified atom stereocenters. The van der Waals surface area contributed by atoms with Gasteiger partial charge in [0.15, 0.2) is 17.6 Å². The van der Waals surface area contributed by atoms with Crippen molar-refractivity contribution >= 4 is 29.4 Å². The first kappa shape index (κ1) is 20.5. The number of hydrogen-bond acceptors (Lipinski definition) is 6. The average Bonchev–Trinajstić information content (AvgIpc) is 3.18. The summed E-state index contributed by atoms with van der Waals surface area (Å²) in [5.74, 6) is -0.354. The van der Waals surface area contributed by atoms with Crippen molar-refractivity contribution in [3.05, 3.63) is 58.6 Å². The van der Waals surface area contributed by atoms with Crippen LogP contribution in [-0.2, 0) is 20.9 Å². The Morgan fingerprint density at radius 3 is 2.55 bits per heavy atom. The maximum atomic E-state index is 12.1. The first-order valence-corrected chi connectivity index (χ1v) is 9.19. The first-order valence-electron chi connectivity index (χ1n) is 8.82. The van der Waals surface area contributed by atoms with E-state index in [2.05, 4.69) is 10.6 Å². The molecule has 1 aliphatic heterocycles. The molecule has 3 rings (SSSR count). The number of benzene rings is 2. The molecule has 0 saturated carbocycles. The third-order valence-corrected chi connectivity index (χ3v) is 4.33. The van der Waals surface area contributed by atoms with Gasteiger partial charge >= 0.3 is 5.97 Å². The average molecular weight is 419 g/mol. The molecule has 2 amide bonds. The van der Waals surface area contributed by atoms with E-state index in [1.807, 2.05) is 0 Å². The van der Waals surface area contributed by atoms with Gasteiger partial charge in [0.1, 0.15) is 6.54 Å². The van der Waals surface area contributed by atoms with Gasteiger partial charge in [-0.1, -0.05) is 17.7 Å². The van der Waals surface area contributed by atoms with E-state index in [1.54, 1.807) is 30.3 Å². The molecule has 1 atom stereocenters. The molecule has 0 saturated heterocycles. The molecule has 1 heterocycles. The van der Waals surface area contributed by atoms with E-state index in [1.165, 1.54) is 19.1 Å². The Morgan fingerprint density at radius 1 is 1.07 bits per heavy atom. The van der Waals surface area contributed by atoms with E-state index >= 15 is 0 Å². The number of hydrogen-bond donors (Lipinski definition) is 2. The van der Waals surface area contributed by atoms with Crippen LogP contribution in [0.1, 0.15) is 22.8 Å². The Bertz CT molecular complexity index is 916. The Hall–Kier alpha value is -3.26. The van der Waals surface area contributed by atoms with Crippen molar-refractivity contribution in [1.29, 1.82) is 0 Å². The minimum absolute atomic E-state index is 0.173. The van der Waals surface area contributed by atoms with Crippen LogP contribution in [0.4, 0.5) is 0 Å². The summed E-state index contributed by atoms with van der Waals surface area (Å²) in [6.45, 7) is 1.51. The van der Waals surface area contributed by atoms with Crippen molar-refractivity contribution in [2.45, 2.75) is 19.6 Å². The van der Waals surface area contributed by atoms with Crippen LogP contribution in [0.3, 0.4) is 0 Å². The highest BCUT2D eigenvalue weighted by Gasteiger charge is 2.19. The summed E-state index contributed by atoms with van der Waals surface area (Å²) >= 11 is 5.76. The van der Waals surface area contributed by atoms with Crippen molar-refractivity contribution in [2.24, 2.45) is 0 Å². The van der Waals surface area contributed by atoms with Crippen LogP contribution >= 0.6 is 11.6 Å². The predicted octanol–water partition coefficient (Wildman–Crippen LogP) is 2.05. The van der Waals surface area contributed by atoms with Crippen LogP contribution in [-0.4, -0.2) is 37.2 Å². The molecule has 0 bridgehead atoms. The molecular formula is C20H19ClN2O6. The minimum atomic E-state index is -1.01. The van der Waals surface area contributed by atoms with Gasteiger partial charge in [-0.05, 0) is 48.9 Å². The van der Waals surface area contributed by atoms with Crippen LogP contribution in [0.15, 0.2) is 42.5 Å². The van der Waals surface area contributed by atoms with Crippen LogP contribution < -0.4 is 20.1 Å². The number of esters is 1. The van der Waals surface area contributed by atoms with E-state index in [0.717, 1.165) is 5.56 Å². The Kier molecular flexibility index (Phi) is 6.56. The maximum absolute atomic E-state index is 12.1. The molecule has 2 N–H and O–H groups in total.